The van der Waals surface area contributed by atoms with Crippen LogP contribution in [0.3, 0.4) is 0 Å². The molecule has 0 unspecified atom stereocenters. The van der Waals surface area contributed by atoms with Gasteiger partial charge in [0.1, 0.15) is 19.8 Å². The van der Waals surface area contributed by atoms with E-state index in [0.717, 1.165) is 0 Å². The van der Waals surface area contributed by atoms with Crippen LogP contribution < -0.4 is 0 Å². The SMILES string of the molecule is COCC(F)(F)C(F)(F)C(F)(F)C(F)F.FC(F)C(F)(F)C(F)(F)COCC(F)(F)F. The van der Waals surface area contributed by atoms with E-state index in [1.54, 1.807) is 0 Å². The third-order valence-corrected chi connectivity index (χ3v) is 2.79. The van der Waals surface area contributed by atoms with Crippen molar-refractivity contribution in [3.05, 3.63) is 0 Å². The van der Waals surface area contributed by atoms with Crippen molar-refractivity contribution in [1.82, 2.24) is 0 Å². The monoisotopic (exact) mass is 510 g/mol. The molecule has 2 nitrogen and oxygen atoms in total. The van der Waals surface area contributed by atoms with Crippen molar-refractivity contribution in [1.29, 1.82) is 0 Å². The molecule has 0 aromatic carbocycles. The summed E-state index contributed by atoms with van der Waals surface area (Å²) in [6.45, 7) is -6.74. The standard InChI is InChI=1S/C6H5F9O.C6H6F8O/c7-3(8)6(14,15)4(9,10)1-16-2-5(11,12)13;1-15-2-4(9,10)6(13,14)5(11,12)3(7)8/h3H,1-2H2;3H,2H2,1H3. The summed E-state index contributed by atoms with van der Waals surface area (Å²) < 4.78 is 209. The van der Waals surface area contributed by atoms with Gasteiger partial charge in [0.2, 0.25) is 0 Å². The van der Waals surface area contributed by atoms with Crippen LogP contribution in [0.15, 0.2) is 0 Å². The number of hydrogen-bond donors (Lipinski definition) is 0. The van der Waals surface area contributed by atoms with Gasteiger partial charge in [0.25, 0.3) is 0 Å². The first-order chi connectivity index (χ1) is 13.4. The van der Waals surface area contributed by atoms with Crippen molar-refractivity contribution in [3.63, 3.8) is 0 Å². The maximum Gasteiger partial charge on any atom is 0.411 e. The third-order valence-electron chi connectivity index (χ3n) is 2.79. The number of halogens is 17. The number of methoxy groups -OCH3 is 1. The van der Waals surface area contributed by atoms with Gasteiger partial charge in [-0.15, -0.1) is 0 Å². The Hall–Kier alpha value is -1.27. The van der Waals surface area contributed by atoms with Gasteiger partial charge in [-0.1, -0.05) is 0 Å². The Morgan fingerprint density at radius 3 is 1.23 bits per heavy atom. The Morgan fingerprint density at radius 1 is 0.548 bits per heavy atom. The molecule has 0 aliphatic carbocycles. The molecule has 0 amide bonds. The molecule has 0 radical (unpaired) electrons. The fourth-order valence-corrected chi connectivity index (χ4v) is 1.20. The summed E-state index contributed by atoms with van der Waals surface area (Å²) in [5, 5.41) is 0. The normalized spacial score (nSPS) is 14.7. The maximum atomic E-state index is 12.4. The van der Waals surface area contributed by atoms with Gasteiger partial charge in [-0.3, -0.25) is 0 Å². The molecule has 19 heteroatoms. The zero-order valence-corrected chi connectivity index (χ0v) is 14.5. The largest absolute Gasteiger partial charge is 0.411 e. The molecule has 0 heterocycles. The summed E-state index contributed by atoms with van der Waals surface area (Å²) in [6, 6.07) is 0. The van der Waals surface area contributed by atoms with Crippen LogP contribution in [0.4, 0.5) is 74.6 Å². The molecule has 0 saturated heterocycles. The van der Waals surface area contributed by atoms with Gasteiger partial charge in [0.05, 0.1) is 0 Å². The summed E-state index contributed by atoms with van der Waals surface area (Å²) in [7, 11) is 0.546. The second kappa shape index (κ2) is 10.6. The molecule has 0 atom stereocenters. The fraction of sp³-hybridized carbons (Fsp3) is 1.00. The number of hydrogen-bond acceptors (Lipinski definition) is 2. The average molecular weight is 510 g/mol. The molecule has 0 bridgehead atoms. The predicted octanol–water partition coefficient (Wildman–Crippen LogP) is 5.90. The highest BCUT2D eigenvalue weighted by atomic mass is 19.4. The van der Waals surface area contributed by atoms with E-state index in [-0.39, 0.29) is 0 Å². The molecule has 0 aromatic heterocycles. The zero-order chi connectivity index (χ0) is 25.7. The third kappa shape index (κ3) is 8.30. The van der Waals surface area contributed by atoms with Crippen molar-refractivity contribution in [2.24, 2.45) is 0 Å². The van der Waals surface area contributed by atoms with Gasteiger partial charge >= 0.3 is 48.6 Å². The molecule has 0 fully saturated rings. The molecule has 0 spiro atoms. The lowest BCUT2D eigenvalue weighted by Crippen LogP contribution is -2.59. The molecule has 0 aromatic rings. The summed E-state index contributed by atoms with van der Waals surface area (Å²) in [5.41, 5.74) is 0. The summed E-state index contributed by atoms with van der Waals surface area (Å²) in [4.78, 5) is 0. The van der Waals surface area contributed by atoms with Crippen LogP contribution in [0.25, 0.3) is 0 Å². The molecule has 0 aliphatic heterocycles. The Morgan fingerprint density at radius 2 is 0.935 bits per heavy atom. The van der Waals surface area contributed by atoms with Crippen LogP contribution in [-0.4, -0.2) is 75.6 Å². The molecule has 0 saturated carbocycles. The van der Waals surface area contributed by atoms with E-state index in [1.807, 2.05) is 0 Å². The molecule has 190 valence electrons. The highest BCUT2D eigenvalue weighted by Crippen LogP contribution is 2.48. The Bertz CT molecular complexity index is 528. The Labute approximate surface area is 161 Å². The number of rotatable bonds is 10. The molecular formula is C12H11F17O2. The minimum Gasteiger partial charge on any atom is -0.378 e. The van der Waals surface area contributed by atoms with Crippen LogP contribution in [0.5, 0.6) is 0 Å². The van der Waals surface area contributed by atoms with Gasteiger partial charge in [-0.05, 0) is 0 Å². The topological polar surface area (TPSA) is 18.5 Å². The fourth-order valence-electron chi connectivity index (χ4n) is 1.20. The summed E-state index contributed by atoms with van der Waals surface area (Å²) in [6.07, 6.45) is -14.6. The first-order valence-electron chi connectivity index (χ1n) is 6.99. The van der Waals surface area contributed by atoms with Crippen LogP contribution in [0.2, 0.25) is 0 Å². The van der Waals surface area contributed by atoms with E-state index in [1.165, 1.54) is 0 Å². The molecule has 0 aliphatic rings. The van der Waals surface area contributed by atoms with E-state index >= 15 is 0 Å². The predicted molar refractivity (Wildman–Crippen MR) is 65.5 cm³/mol. The van der Waals surface area contributed by atoms with Crippen molar-refractivity contribution in [2.75, 3.05) is 26.9 Å². The highest BCUT2D eigenvalue weighted by Gasteiger charge is 2.75. The first-order valence-corrected chi connectivity index (χ1v) is 6.99. The van der Waals surface area contributed by atoms with Crippen molar-refractivity contribution in [3.8, 4) is 0 Å². The molecular weight excluding hydrogens is 499 g/mol. The zero-order valence-electron chi connectivity index (χ0n) is 14.5. The Balaban J connectivity index is 0. The van der Waals surface area contributed by atoms with Crippen LogP contribution in [0.1, 0.15) is 0 Å². The van der Waals surface area contributed by atoms with E-state index < -0.39 is 68.5 Å². The first kappa shape index (κ1) is 31.9. The van der Waals surface area contributed by atoms with Crippen molar-refractivity contribution in [2.45, 2.75) is 48.6 Å². The second-order valence-electron chi connectivity index (χ2n) is 5.37. The highest BCUT2D eigenvalue weighted by molar-refractivity contribution is 4.97. The van der Waals surface area contributed by atoms with Crippen molar-refractivity contribution >= 4 is 0 Å². The molecule has 0 N–H and O–H groups in total. The van der Waals surface area contributed by atoms with E-state index in [9.17, 15) is 74.6 Å². The van der Waals surface area contributed by atoms with Gasteiger partial charge in [0.15, 0.2) is 0 Å². The lowest BCUT2D eigenvalue weighted by molar-refractivity contribution is -0.344. The lowest BCUT2D eigenvalue weighted by Gasteiger charge is -2.31. The second-order valence-corrected chi connectivity index (χ2v) is 5.37. The van der Waals surface area contributed by atoms with Crippen LogP contribution in [0, 0.1) is 0 Å². The summed E-state index contributed by atoms with van der Waals surface area (Å²) >= 11 is 0. The maximum absolute atomic E-state index is 12.4. The van der Waals surface area contributed by atoms with Crippen LogP contribution in [-0.2, 0) is 9.47 Å². The minimum atomic E-state index is -6.18. The number of alkyl halides is 17. The minimum absolute atomic E-state index is 0.546. The lowest BCUT2D eigenvalue weighted by atomic mass is 10.1. The van der Waals surface area contributed by atoms with Gasteiger partial charge < -0.3 is 9.47 Å². The van der Waals surface area contributed by atoms with Gasteiger partial charge in [-0.25, -0.2) is 17.6 Å². The molecule has 31 heavy (non-hydrogen) atoms. The number of ether oxygens (including phenoxy) is 2. The Kier molecular flexibility index (Phi) is 10.9. The van der Waals surface area contributed by atoms with Crippen LogP contribution >= 0.6 is 0 Å². The summed E-state index contributed by atoms with van der Waals surface area (Å²) in [5.74, 6) is -28.8. The van der Waals surface area contributed by atoms with Crippen molar-refractivity contribution < 1.29 is 84.1 Å². The van der Waals surface area contributed by atoms with E-state index in [0.29, 0.717) is 7.11 Å². The van der Waals surface area contributed by atoms with Gasteiger partial charge in [-0.2, -0.15) is 57.1 Å². The van der Waals surface area contributed by atoms with Gasteiger partial charge in [0, 0.05) is 7.11 Å². The smallest absolute Gasteiger partial charge is 0.378 e. The van der Waals surface area contributed by atoms with E-state index in [2.05, 4.69) is 9.47 Å². The molecule has 0 rings (SSSR count). The van der Waals surface area contributed by atoms with E-state index in [4.69, 9.17) is 0 Å². The average Bonchev–Trinajstić information content (AvgIpc) is 2.52. The quantitative estimate of drug-likeness (QED) is 0.341.